The van der Waals surface area contributed by atoms with Gasteiger partial charge in [-0.05, 0) is 25.7 Å². The van der Waals surface area contributed by atoms with Crippen LogP contribution >= 0.6 is 0 Å². The lowest BCUT2D eigenvalue weighted by Crippen LogP contribution is -2.64. The van der Waals surface area contributed by atoms with Crippen LogP contribution in [0.1, 0.15) is 40.5 Å². The zero-order valence-corrected chi connectivity index (χ0v) is 12.3. The van der Waals surface area contributed by atoms with Crippen molar-refractivity contribution in [1.29, 1.82) is 0 Å². The predicted octanol–water partition coefficient (Wildman–Crippen LogP) is 2.12. The Morgan fingerprint density at radius 2 is 2.18 bits per heavy atom. The second kappa shape index (κ2) is 6.72. The Labute approximate surface area is 107 Å². The van der Waals surface area contributed by atoms with Gasteiger partial charge in [0.1, 0.15) is 0 Å². The van der Waals surface area contributed by atoms with Crippen LogP contribution in [-0.4, -0.2) is 49.8 Å². The van der Waals surface area contributed by atoms with E-state index >= 15 is 0 Å². The summed E-state index contributed by atoms with van der Waals surface area (Å²) < 4.78 is 5.17. The fourth-order valence-corrected chi connectivity index (χ4v) is 2.54. The highest BCUT2D eigenvalue weighted by Crippen LogP contribution is 2.24. The van der Waals surface area contributed by atoms with Crippen molar-refractivity contribution >= 4 is 0 Å². The summed E-state index contributed by atoms with van der Waals surface area (Å²) in [7, 11) is 1.79. The summed E-state index contributed by atoms with van der Waals surface area (Å²) in [5.74, 6) is 0.710. The van der Waals surface area contributed by atoms with Crippen molar-refractivity contribution in [2.75, 3.05) is 33.4 Å². The molecule has 0 bridgehead atoms. The fourth-order valence-electron chi connectivity index (χ4n) is 2.54. The molecule has 1 fully saturated rings. The van der Waals surface area contributed by atoms with Crippen LogP contribution in [0.15, 0.2) is 0 Å². The van der Waals surface area contributed by atoms with Gasteiger partial charge < -0.3 is 10.1 Å². The number of hydrogen-bond acceptors (Lipinski definition) is 3. The third-order valence-electron chi connectivity index (χ3n) is 4.27. The van der Waals surface area contributed by atoms with E-state index in [2.05, 4.69) is 37.9 Å². The molecule has 1 heterocycles. The highest BCUT2D eigenvalue weighted by atomic mass is 16.5. The molecular formula is C14H30N2O. The van der Waals surface area contributed by atoms with Gasteiger partial charge in [-0.25, -0.2) is 0 Å². The average molecular weight is 242 g/mol. The van der Waals surface area contributed by atoms with Crippen LogP contribution in [0.4, 0.5) is 0 Å². The fraction of sp³-hybridized carbons (Fsp3) is 1.00. The monoisotopic (exact) mass is 242 g/mol. The number of piperazine rings is 1. The number of rotatable bonds is 6. The lowest BCUT2D eigenvalue weighted by molar-refractivity contribution is 0.0316. The SMILES string of the molecule is CCC1(C)CNC(C(C)C)CN1CCCOC. The second-order valence-electron chi connectivity index (χ2n) is 5.87. The number of nitrogens with zero attached hydrogens (tertiary/aromatic N) is 1. The van der Waals surface area contributed by atoms with Gasteiger partial charge in [-0.1, -0.05) is 20.8 Å². The van der Waals surface area contributed by atoms with Gasteiger partial charge >= 0.3 is 0 Å². The number of nitrogens with one attached hydrogen (secondary N) is 1. The van der Waals surface area contributed by atoms with Crippen LogP contribution in [0.3, 0.4) is 0 Å². The van der Waals surface area contributed by atoms with Crippen LogP contribution in [-0.2, 0) is 4.74 Å². The highest BCUT2D eigenvalue weighted by molar-refractivity contribution is 4.95. The smallest absolute Gasteiger partial charge is 0.0474 e. The first kappa shape index (κ1) is 14.9. The molecule has 1 aliphatic rings. The van der Waals surface area contributed by atoms with Crippen molar-refractivity contribution in [2.45, 2.75) is 52.1 Å². The Morgan fingerprint density at radius 1 is 1.47 bits per heavy atom. The van der Waals surface area contributed by atoms with Crippen LogP contribution in [0.5, 0.6) is 0 Å². The molecule has 0 spiro atoms. The quantitative estimate of drug-likeness (QED) is 0.722. The Balaban J connectivity index is 2.56. The van der Waals surface area contributed by atoms with Crippen molar-refractivity contribution in [2.24, 2.45) is 5.92 Å². The predicted molar refractivity (Wildman–Crippen MR) is 73.4 cm³/mol. The first-order valence-electron chi connectivity index (χ1n) is 7.01. The molecule has 102 valence electrons. The maximum atomic E-state index is 5.17. The van der Waals surface area contributed by atoms with Crippen molar-refractivity contribution in [3.05, 3.63) is 0 Å². The Kier molecular flexibility index (Phi) is 5.90. The summed E-state index contributed by atoms with van der Waals surface area (Å²) in [5.41, 5.74) is 0.319. The van der Waals surface area contributed by atoms with E-state index in [1.165, 1.54) is 13.0 Å². The Bertz CT molecular complexity index is 220. The first-order valence-corrected chi connectivity index (χ1v) is 7.01. The highest BCUT2D eigenvalue weighted by Gasteiger charge is 2.36. The molecule has 0 aromatic carbocycles. The van der Waals surface area contributed by atoms with Crippen LogP contribution in [0, 0.1) is 5.92 Å². The van der Waals surface area contributed by atoms with Crippen molar-refractivity contribution in [3.8, 4) is 0 Å². The van der Waals surface area contributed by atoms with Crippen LogP contribution < -0.4 is 5.32 Å². The summed E-state index contributed by atoms with van der Waals surface area (Å²) in [5, 5.41) is 3.71. The van der Waals surface area contributed by atoms with E-state index in [1.54, 1.807) is 7.11 Å². The third kappa shape index (κ3) is 3.94. The topological polar surface area (TPSA) is 24.5 Å². The van der Waals surface area contributed by atoms with Crippen LogP contribution in [0.2, 0.25) is 0 Å². The molecule has 0 radical (unpaired) electrons. The molecular weight excluding hydrogens is 212 g/mol. The Morgan fingerprint density at radius 3 is 2.71 bits per heavy atom. The van der Waals surface area contributed by atoms with E-state index in [9.17, 15) is 0 Å². The average Bonchev–Trinajstić information content (AvgIpc) is 2.31. The molecule has 0 amide bonds. The standard InChI is InChI=1S/C14H30N2O/c1-6-14(4)11-15-13(12(2)3)10-16(14)8-7-9-17-5/h12-13,15H,6-11H2,1-5H3. The number of methoxy groups -OCH3 is 1. The minimum atomic E-state index is 0.319. The van der Waals surface area contributed by atoms with E-state index in [0.29, 0.717) is 17.5 Å². The van der Waals surface area contributed by atoms with Gasteiger partial charge in [0.05, 0.1) is 0 Å². The van der Waals surface area contributed by atoms with Gasteiger partial charge in [0.15, 0.2) is 0 Å². The van der Waals surface area contributed by atoms with Gasteiger partial charge in [-0.3, -0.25) is 4.90 Å². The Hall–Kier alpha value is -0.120. The maximum Gasteiger partial charge on any atom is 0.0474 e. The molecule has 3 heteroatoms. The third-order valence-corrected chi connectivity index (χ3v) is 4.27. The number of hydrogen-bond donors (Lipinski definition) is 1. The zero-order valence-electron chi connectivity index (χ0n) is 12.3. The van der Waals surface area contributed by atoms with Crippen molar-refractivity contribution in [1.82, 2.24) is 10.2 Å². The molecule has 2 unspecified atom stereocenters. The summed E-state index contributed by atoms with van der Waals surface area (Å²) in [6, 6.07) is 0.636. The van der Waals surface area contributed by atoms with Gasteiger partial charge in [0.2, 0.25) is 0 Å². The molecule has 2 atom stereocenters. The van der Waals surface area contributed by atoms with E-state index < -0.39 is 0 Å². The molecule has 1 N–H and O–H groups in total. The van der Waals surface area contributed by atoms with Gasteiger partial charge in [0, 0.05) is 44.9 Å². The normalized spacial score (nSPS) is 31.1. The lowest BCUT2D eigenvalue weighted by atomic mass is 9.89. The molecule has 0 aromatic rings. The summed E-state index contributed by atoms with van der Waals surface area (Å²) in [6.07, 6.45) is 2.34. The van der Waals surface area contributed by atoms with E-state index in [4.69, 9.17) is 4.74 Å². The molecule has 1 rings (SSSR count). The van der Waals surface area contributed by atoms with Crippen molar-refractivity contribution in [3.63, 3.8) is 0 Å². The molecule has 1 aliphatic heterocycles. The molecule has 1 saturated heterocycles. The minimum Gasteiger partial charge on any atom is -0.385 e. The molecule has 17 heavy (non-hydrogen) atoms. The molecule has 0 aromatic heterocycles. The summed E-state index contributed by atoms with van der Waals surface area (Å²) in [4.78, 5) is 2.66. The molecule has 3 nitrogen and oxygen atoms in total. The summed E-state index contributed by atoms with van der Waals surface area (Å²) in [6.45, 7) is 13.6. The first-order chi connectivity index (χ1) is 8.03. The maximum absolute atomic E-state index is 5.17. The minimum absolute atomic E-state index is 0.319. The van der Waals surface area contributed by atoms with Crippen LogP contribution in [0.25, 0.3) is 0 Å². The van der Waals surface area contributed by atoms with Gasteiger partial charge in [-0.2, -0.15) is 0 Å². The number of ether oxygens (including phenoxy) is 1. The zero-order chi connectivity index (χ0) is 12.9. The summed E-state index contributed by atoms with van der Waals surface area (Å²) >= 11 is 0. The molecule has 0 aliphatic carbocycles. The largest absolute Gasteiger partial charge is 0.385 e. The molecule has 0 saturated carbocycles. The van der Waals surface area contributed by atoms with Gasteiger partial charge in [-0.15, -0.1) is 0 Å². The van der Waals surface area contributed by atoms with E-state index in [1.807, 2.05) is 0 Å². The van der Waals surface area contributed by atoms with E-state index in [-0.39, 0.29) is 0 Å². The van der Waals surface area contributed by atoms with Crippen molar-refractivity contribution < 1.29 is 4.74 Å². The van der Waals surface area contributed by atoms with Gasteiger partial charge in [0.25, 0.3) is 0 Å². The second-order valence-corrected chi connectivity index (χ2v) is 5.87. The lowest BCUT2D eigenvalue weighted by Gasteiger charge is -2.49. The van der Waals surface area contributed by atoms with E-state index in [0.717, 1.165) is 26.1 Å².